The zero-order chi connectivity index (χ0) is 29.6. The van der Waals surface area contributed by atoms with Crippen molar-refractivity contribution >= 4 is 62.4 Å². The third-order valence-corrected chi connectivity index (χ3v) is 9.07. The lowest BCUT2D eigenvalue weighted by atomic mass is 9.98. The van der Waals surface area contributed by atoms with Crippen LogP contribution in [0.3, 0.4) is 0 Å². The zero-order valence-electron chi connectivity index (χ0n) is 23.6. The van der Waals surface area contributed by atoms with Crippen LogP contribution in [0, 0.1) is 0 Å². The Labute approximate surface area is 257 Å². The fourth-order valence-corrected chi connectivity index (χ4v) is 6.57. The summed E-state index contributed by atoms with van der Waals surface area (Å²) in [5, 5.41) is 18.6. The topological polar surface area (TPSA) is 126 Å². The number of fused-ring (bicyclic) bond motifs is 2. The van der Waals surface area contributed by atoms with Crippen molar-refractivity contribution in [1.29, 1.82) is 0 Å². The average molecular weight is 657 g/mol. The van der Waals surface area contributed by atoms with Gasteiger partial charge < -0.3 is 30.1 Å². The molecule has 1 saturated heterocycles. The van der Waals surface area contributed by atoms with Crippen molar-refractivity contribution in [2.45, 2.75) is 43.4 Å². The Bertz CT molecular complexity index is 1490. The second kappa shape index (κ2) is 14.0. The lowest BCUT2D eigenvalue weighted by molar-refractivity contribution is -0.137. The molecule has 3 aromatic rings. The molecule has 12 heteroatoms. The van der Waals surface area contributed by atoms with Gasteiger partial charge >= 0.3 is 5.97 Å². The number of anilines is 1. The first-order valence-electron chi connectivity index (χ1n) is 13.9. The van der Waals surface area contributed by atoms with E-state index in [0.29, 0.717) is 54.3 Å². The maximum absolute atomic E-state index is 11.8. The van der Waals surface area contributed by atoms with Crippen LogP contribution in [-0.4, -0.2) is 77.0 Å². The predicted molar refractivity (Wildman–Crippen MR) is 167 cm³/mol. The SMILES string of the molecule is CCOC(=O)/C=C/c1ccc(C(O)CN2CCC(NCc3nc4c(cc3Br)SCC(=O)N4)CC2)c2nc(OC)ccc12. The number of pyridine rings is 2. The highest BCUT2D eigenvalue weighted by Crippen LogP contribution is 2.34. The molecule has 0 saturated carbocycles. The number of esters is 1. The Kier molecular flexibility index (Phi) is 10.1. The molecule has 4 heterocycles. The Balaban J connectivity index is 1.20. The first kappa shape index (κ1) is 30.4. The van der Waals surface area contributed by atoms with E-state index in [0.717, 1.165) is 51.9 Å². The van der Waals surface area contributed by atoms with Gasteiger partial charge in [0, 0.05) is 46.7 Å². The average Bonchev–Trinajstić information content (AvgIpc) is 2.99. The highest BCUT2D eigenvalue weighted by Gasteiger charge is 2.24. The van der Waals surface area contributed by atoms with Gasteiger partial charge in [-0.15, -0.1) is 11.8 Å². The van der Waals surface area contributed by atoms with E-state index in [4.69, 9.17) is 9.47 Å². The van der Waals surface area contributed by atoms with Crippen molar-refractivity contribution < 1.29 is 24.2 Å². The molecule has 2 aliphatic rings. The minimum atomic E-state index is -0.747. The van der Waals surface area contributed by atoms with E-state index < -0.39 is 12.1 Å². The number of methoxy groups -OCH3 is 1. The summed E-state index contributed by atoms with van der Waals surface area (Å²) in [5.74, 6) is 1.05. The van der Waals surface area contributed by atoms with Gasteiger partial charge in [0.15, 0.2) is 0 Å². The quantitative estimate of drug-likeness (QED) is 0.215. The van der Waals surface area contributed by atoms with E-state index in [1.54, 1.807) is 26.2 Å². The zero-order valence-corrected chi connectivity index (χ0v) is 26.0. The van der Waals surface area contributed by atoms with Crippen LogP contribution >= 0.6 is 27.7 Å². The molecular formula is C30H34BrN5O5S. The van der Waals surface area contributed by atoms with E-state index in [1.807, 2.05) is 24.3 Å². The van der Waals surface area contributed by atoms with Gasteiger partial charge in [-0.05, 0) is 72.6 Å². The first-order chi connectivity index (χ1) is 20.3. The van der Waals surface area contributed by atoms with Gasteiger partial charge in [-0.25, -0.2) is 14.8 Å². The molecule has 5 rings (SSSR count). The van der Waals surface area contributed by atoms with Crippen LogP contribution in [0.2, 0.25) is 0 Å². The van der Waals surface area contributed by atoms with Crippen LogP contribution < -0.4 is 15.4 Å². The van der Waals surface area contributed by atoms with Crippen LogP contribution in [0.5, 0.6) is 5.88 Å². The Morgan fingerprint density at radius 3 is 2.86 bits per heavy atom. The minimum Gasteiger partial charge on any atom is -0.481 e. The number of aromatic nitrogens is 2. The van der Waals surface area contributed by atoms with Crippen molar-refractivity contribution in [2.24, 2.45) is 0 Å². The first-order valence-corrected chi connectivity index (χ1v) is 15.7. The molecule has 0 spiro atoms. The summed E-state index contributed by atoms with van der Waals surface area (Å²) in [4.78, 5) is 36.1. The predicted octanol–water partition coefficient (Wildman–Crippen LogP) is 4.31. The van der Waals surface area contributed by atoms with Gasteiger partial charge in [-0.1, -0.05) is 12.1 Å². The molecule has 1 atom stereocenters. The number of hydrogen-bond acceptors (Lipinski definition) is 10. The maximum Gasteiger partial charge on any atom is 0.330 e. The Morgan fingerprint density at radius 1 is 1.29 bits per heavy atom. The number of benzene rings is 1. The van der Waals surface area contributed by atoms with Crippen molar-refractivity contribution in [1.82, 2.24) is 20.2 Å². The number of thioether (sulfide) groups is 1. The summed E-state index contributed by atoms with van der Waals surface area (Å²) in [6, 6.07) is 9.75. The number of aliphatic hydroxyl groups is 1. The molecule has 0 aliphatic carbocycles. The van der Waals surface area contributed by atoms with Gasteiger partial charge in [-0.2, -0.15) is 0 Å². The number of carbonyl (C=O) groups is 2. The number of halogens is 1. The molecule has 1 amide bonds. The maximum atomic E-state index is 11.8. The Morgan fingerprint density at radius 2 is 2.10 bits per heavy atom. The van der Waals surface area contributed by atoms with Gasteiger partial charge in [0.25, 0.3) is 0 Å². The van der Waals surface area contributed by atoms with E-state index in [9.17, 15) is 14.7 Å². The lowest BCUT2D eigenvalue weighted by Crippen LogP contribution is -2.43. The number of amides is 1. The van der Waals surface area contributed by atoms with Crippen LogP contribution in [0.4, 0.5) is 5.82 Å². The van der Waals surface area contributed by atoms with Crippen LogP contribution in [0.25, 0.3) is 17.0 Å². The van der Waals surface area contributed by atoms with Gasteiger partial charge in [0.05, 0.1) is 41.7 Å². The van der Waals surface area contributed by atoms with E-state index in [2.05, 4.69) is 41.4 Å². The second-order valence-electron chi connectivity index (χ2n) is 10.2. The molecule has 222 valence electrons. The molecule has 0 radical (unpaired) electrons. The molecule has 1 aromatic carbocycles. The van der Waals surface area contributed by atoms with E-state index >= 15 is 0 Å². The van der Waals surface area contributed by atoms with E-state index in [-0.39, 0.29) is 5.91 Å². The molecule has 1 unspecified atom stereocenters. The monoisotopic (exact) mass is 655 g/mol. The molecule has 42 heavy (non-hydrogen) atoms. The number of nitrogens with zero attached hydrogens (tertiary/aromatic N) is 3. The number of β-amino-alcohol motifs (C(OH)–C–C–N with tert-alkyl or cyclic N) is 1. The molecule has 0 bridgehead atoms. The highest BCUT2D eigenvalue weighted by molar-refractivity contribution is 9.10. The van der Waals surface area contributed by atoms with Crippen LogP contribution in [-0.2, 0) is 20.9 Å². The molecular weight excluding hydrogens is 622 g/mol. The van der Waals surface area contributed by atoms with E-state index in [1.165, 1.54) is 17.8 Å². The third kappa shape index (κ3) is 7.30. The van der Waals surface area contributed by atoms with Gasteiger partial charge in [-0.3, -0.25) is 4.79 Å². The normalized spacial score (nSPS) is 16.8. The Hall–Kier alpha value is -3.03. The number of likely N-dealkylation sites (tertiary alicyclic amines) is 1. The van der Waals surface area contributed by atoms with Crippen molar-refractivity contribution in [2.75, 3.05) is 44.4 Å². The van der Waals surface area contributed by atoms with Crippen LogP contribution in [0.15, 0.2) is 45.8 Å². The standard InChI is InChI=1S/C30H34BrN5O5S/c1-3-41-28(39)9-5-18-4-6-21(29-20(18)7-8-27(35-29)40-2)24(37)16-36-12-10-19(11-13-36)32-15-23-22(31)14-25-30(33-23)34-26(38)17-42-25/h4-9,14,19,24,32,37H,3,10-13,15-17H2,1-2H3,(H,33,34,38)/b9-5+. The van der Waals surface area contributed by atoms with Gasteiger partial charge in [0.2, 0.25) is 11.8 Å². The number of hydrogen-bond donors (Lipinski definition) is 3. The molecule has 2 aromatic heterocycles. The molecule has 1 fully saturated rings. The molecule has 10 nitrogen and oxygen atoms in total. The fraction of sp³-hybridized carbons (Fsp3) is 0.400. The summed E-state index contributed by atoms with van der Waals surface area (Å²) in [6.07, 6.45) is 4.23. The number of carbonyl (C=O) groups excluding carboxylic acids is 2. The van der Waals surface area contributed by atoms with Crippen molar-refractivity contribution in [3.8, 4) is 5.88 Å². The third-order valence-electron chi connectivity index (χ3n) is 7.36. The summed E-state index contributed by atoms with van der Waals surface area (Å²) < 4.78 is 11.3. The number of rotatable bonds is 10. The summed E-state index contributed by atoms with van der Waals surface area (Å²) >= 11 is 5.12. The largest absolute Gasteiger partial charge is 0.481 e. The van der Waals surface area contributed by atoms with Gasteiger partial charge in [0.1, 0.15) is 5.82 Å². The fourth-order valence-electron chi connectivity index (χ4n) is 5.17. The summed E-state index contributed by atoms with van der Waals surface area (Å²) in [7, 11) is 1.56. The number of ether oxygens (including phenoxy) is 2. The van der Waals surface area contributed by atoms with Crippen molar-refractivity contribution in [3.63, 3.8) is 0 Å². The number of nitrogens with one attached hydrogen (secondary N) is 2. The second-order valence-corrected chi connectivity index (χ2v) is 12.0. The number of piperidine rings is 1. The summed E-state index contributed by atoms with van der Waals surface area (Å²) in [6.45, 7) is 4.84. The summed E-state index contributed by atoms with van der Waals surface area (Å²) in [5.41, 5.74) is 3.02. The highest BCUT2D eigenvalue weighted by atomic mass is 79.9. The van der Waals surface area contributed by atoms with Crippen molar-refractivity contribution in [3.05, 3.63) is 57.7 Å². The van der Waals surface area contributed by atoms with Crippen LogP contribution in [0.1, 0.15) is 42.7 Å². The lowest BCUT2D eigenvalue weighted by Gasteiger charge is -2.34. The smallest absolute Gasteiger partial charge is 0.330 e. The molecule has 3 N–H and O–H groups in total. The number of aliphatic hydroxyl groups excluding tert-OH is 1. The minimum absolute atomic E-state index is 0.0273. The molecule has 2 aliphatic heterocycles.